The van der Waals surface area contributed by atoms with Crippen LogP contribution in [0.4, 0.5) is 0 Å². The minimum absolute atomic E-state index is 0.282. The van der Waals surface area contributed by atoms with Crippen molar-refractivity contribution in [2.24, 2.45) is 0 Å². The first-order valence-electron chi connectivity index (χ1n) is 4.72. The van der Waals surface area contributed by atoms with Crippen LogP contribution in [0, 0.1) is 0 Å². The summed E-state index contributed by atoms with van der Waals surface area (Å²) in [6.07, 6.45) is 0.0604. The maximum absolute atomic E-state index is 11.2. The van der Waals surface area contributed by atoms with E-state index in [1.54, 1.807) is 24.3 Å². The highest BCUT2D eigenvalue weighted by atomic mass is 35.5. The molecule has 0 bridgehead atoms. The van der Waals surface area contributed by atoms with Gasteiger partial charge in [0.15, 0.2) is 0 Å². The summed E-state index contributed by atoms with van der Waals surface area (Å²) in [6, 6.07) is 6.77. The molecule has 0 atom stereocenters. The first kappa shape index (κ1) is 10.5. The molecule has 0 spiro atoms. The maximum atomic E-state index is 11.2. The third-order valence-electron chi connectivity index (χ3n) is 2.97. The molecule has 0 aromatic heterocycles. The van der Waals surface area contributed by atoms with Gasteiger partial charge in [0.25, 0.3) is 0 Å². The Kier molecular flexibility index (Phi) is 2.44. The SMILES string of the molecule is O=C(O)[C@]1(c2ccc(Cl)cc2)C[C@@H](O)C1. The summed E-state index contributed by atoms with van der Waals surface area (Å²) in [4.78, 5) is 11.2. The largest absolute Gasteiger partial charge is 0.481 e. The Morgan fingerprint density at radius 3 is 2.27 bits per heavy atom. The Hall–Kier alpha value is -1.06. The molecule has 0 unspecified atom stereocenters. The molecule has 0 saturated heterocycles. The van der Waals surface area contributed by atoms with Gasteiger partial charge in [-0.15, -0.1) is 0 Å². The van der Waals surface area contributed by atoms with Gasteiger partial charge in [0.2, 0.25) is 0 Å². The number of carbonyl (C=O) groups is 1. The zero-order valence-corrected chi connectivity index (χ0v) is 8.74. The Morgan fingerprint density at radius 2 is 1.87 bits per heavy atom. The molecule has 0 heterocycles. The van der Waals surface area contributed by atoms with Crippen LogP contribution in [0.25, 0.3) is 0 Å². The van der Waals surface area contributed by atoms with Crippen LogP contribution in [-0.2, 0) is 10.2 Å². The summed E-state index contributed by atoms with van der Waals surface area (Å²) in [6.45, 7) is 0. The van der Waals surface area contributed by atoms with Gasteiger partial charge in [-0.1, -0.05) is 23.7 Å². The Bertz CT molecular complexity index is 379. The number of halogens is 1. The number of hydrogen-bond acceptors (Lipinski definition) is 2. The second-order valence-corrected chi connectivity index (χ2v) is 4.39. The molecule has 2 N–H and O–H groups in total. The lowest BCUT2D eigenvalue weighted by atomic mass is 9.63. The van der Waals surface area contributed by atoms with E-state index in [0.717, 1.165) is 0 Å². The predicted octanol–water partition coefficient (Wildman–Crippen LogP) is 1.82. The molecule has 1 fully saturated rings. The summed E-state index contributed by atoms with van der Waals surface area (Å²) in [5, 5.41) is 19.0. The quantitative estimate of drug-likeness (QED) is 0.809. The molecule has 3 nitrogen and oxygen atoms in total. The van der Waals surface area contributed by atoms with E-state index in [1.807, 2.05) is 0 Å². The van der Waals surface area contributed by atoms with Crippen molar-refractivity contribution in [2.75, 3.05) is 0 Å². The summed E-state index contributed by atoms with van der Waals surface area (Å²) in [7, 11) is 0. The highest BCUT2D eigenvalue weighted by molar-refractivity contribution is 6.30. The van der Waals surface area contributed by atoms with Gasteiger partial charge in [-0.2, -0.15) is 0 Å². The molecule has 0 amide bonds. The number of carboxylic acids is 1. The van der Waals surface area contributed by atoms with Crippen molar-refractivity contribution in [2.45, 2.75) is 24.4 Å². The van der Waals surface area contributed by atoms with Gasteiger partial charge in [0.05, 0.1) is 11.5 Å². The van der Waals surface area contributed by atoms with Crippen molar-refractivity contribution in [1.29, 1.82) is 0 Å². The lowest BCUT2D eigenvalue weighted by Gasteiger charge is -2.42. The highest BCUT2D eigenvalue weighted by Crippen LogP contribution is 2.44. The molecule has 1 aromatic carbocycles. The highest BCUT2D eigenvalue weighted by Gasteiger charge is 2.51. The van der Waals surface area contributed by atoms with E-state index in [1.165, 1.54) is 0 Å². The predicted molar refractivity (Wildman–Crippen MR) is 56.0 cm³/mol. The van der Waals surface area contributed by atoms with Gasteiger partial charge < -0.3 is 10.2 Å². The lowest BCUT2D eigenvalue weighted by molar-refractivity contribution is -0.152. The molecule has 15 heavy (non-hydrogen) atoms. The van der Waals surface area contributed by atoms with Crippen LogP contribution in [0.15, 0.2) is 24.3 Å². The van der Waals surface area contributed by atoms with Gasteiger partial charge in [-0.3, -0.25) is 4.79 Å². The molecule has 1 aliphatic rings. The van der Waals surface area contributed by atoms with Gasteiger partial charge >= 0.3 is 5.97 Å². The second kappa shape index (κ2) is 3.51. The van der Waals surface area contributed by atoms with Crippen LogP contribution < -0.4 is 0 Å². The Balaban J connectivity index is 2.34. The number of hydrogen-bond donors (Lipinski definition) is 2. The zero-order valence-electron chi connectivity index (χ0n) is 7.98. The van der Waals surface area contributed by atoms with E-state index in [-0.39, 0.29) is 12.8 Å². The van der Waals surface area contributed by atoms with Crippen molar-refractivity contribution in [3.05, 3.63) is 34.9 Å². The lowest BCUT2D eigenvalue weighted by Crippen LogP contribution is -2.50. The van der Waals surface area contributed by atoms with Crippen LogP contribution >= 0.6 is 11.6 Å². The first-order valence-corrected chi connectivity index (χ1v) is 5.10. The Morgan fingerprint density at radius 1 is 1.33 bits per heavy atom. The van der Waals surface area contributed by atoms with Crippen molar-refractivity contribution in [1.82, 2.24) is 0 Å². The minimum atomic E-state index is -0.913. The average Bonchev–Trinajstić information content (AvgIpc) is 2.13. The molecular weight excluding hydrogens is 216 g/mol. The maximum Gasteiger partial charge on any atom is 0.314 e. The van der Waals surface area contributed by atoms with Gasteiger partial charge in [-0.25, -0.2) is 0 Å². The fraction of sp³-hybridized carbons (Fsp3) is 0.364. The summed E-state index contributed by atoms with van der Waals surface area (Å²) < 4.78 is 0. The molecule has 4 heteroatoms. The minimum Gasteiger partial charge on any atom is -0.481 e. The van der Waals surface area contributed by atoms with Crippen molar-refractivity contribution in [3.63, 3.8) is 0 Å². The molecule has 1 saturated carbocycles. The molecule has 1 aromatic rings. The van der Waals surface area contributed by atoms with Crippen LogP contribution in [0.5, 0.6) is 0 Å². The number of aliphatic hydroxyl groups excluding tert-OH is 1. The third kappa shape index (κ3) is 1.62. The van der Waals surface area contributed by atoms with E-state index >= 15 is 0 Å². The topological polar surface area (TPSA) is 57.5 Å². The summed E-state index contributed by atoms with van der Waals surface area (Å²) in [5.74, 6) is -0.880. The van der Waals surface area contributed by atoms with Gasteiger partial charge in [0.1, 0.15) is 0 Å². The summed E-state index contributed by atoms with van der Waals surface area (Å²) in [5.41, 5.74) is -0.200. The molecule has 1 aliphatic carbocycles. The number of benzene rings is 1. The smallest absolute Gasteiger partial charge is 0.314 e. The molecule has 80 valence electrons. The zero-order chi connectivity index (χ0) is 11.1. The number of carboxylic acid groups (broad SMARTS) is 1. The molecule has 2 rings (SSSR count). The van der Waals surface area contributed by atoms with Crippen LogP contribution in [0.2, 0.25) is 5.02 Å². The van der Waals surface area contributed by atoms with E-state index in [9.17, 15) is 15.0 Å². The van der Waals surface area contributed by atoms with E-state index in [0.29, 0.717) is 10.6 Å². The van der Waals surface area contributed by atoms with Crippen LogP contribution in [-0.4, -0.2) is 22.3 Å². The van der Waals surface area contributed by atoms with E-state index in [2.05, 4.69) is 0 Å². The third-order valence-corrected chi connectivity index (χ3v) is 3.23. The van der Waals surface area contributed by atoms with Crippen LogP contribution in [0.1, 0.15) is 18.4 Å². The average molecular weight is 227 g/mol. The number of rotatable bonds is 2. The van der Waals surface area contributed by atoms with Crippen molar-refractivity contribution >= 4 is 17.6 Å². The van der Waals surface area contributed by atoms with Crippen molar-refractivity contribution < 1.29 is 15.0 Å². The molecular formula is C11H11ClO3. The first-order chi connectivity index (χ1) is 7.04. The fourth-order valence-corrected chi connectivity index (χ4v) is 2.17. The van der Waals surface area contributed by atoms with Crippen LogP contribution in [0.3, 0.4) is 0 Å². The van der Waals surface area contributed by atoms with E-state index < -0.39 is 17.5 Å². The standard InChI is InChI=1S/C11H11ClO3/c12-8-3-1-7(2-4-8)11(10(14)15)5-9(13)6-11/h1-4,9,13H,5-6H2,(H,14,15)/t9-,11-. The van der Waals surface area contributed by atoms with E-state index in [4.69, 9.17) is 11.6 Å². The fourth-order valence-electron chi connectivity index (χ4n) is 2.05. The van der Waals surface area contributed by atoms with Gasteiger partial charge in [0, 0.05) is 5.02 Å². The second-order valence-electron chi connectivity index (χ2n) is 3.96. The summed E-state index contributed by atoms with van der Waals surface area (Å²) >= 11 is 5.73. The number of aliphatic hydroxyl groups is 1. The molecule has 0 radical (unpaired) electrons. The number of aliphatic carboxylic acids is 1. The van der Waals surface area contributed by atoms with Gasteiger partial charge in [-0.05, 0) is 30.5 Å². The molecule has 0 aliphatic heterocycles. The normalized spacial score (nSPS) is 29.6. The monoisotopic (exact) mass is 226 g/mol. The van der Waals surface area contributed by atoms with Crippen molar-refractivity contribution in [3.8, 4) is 0 Å². The Labute approximate surface area is 92.3 Å².